The highest BCUT2D eigenvalue weighted by Crippen LogP contribution is 2.39. The lowest BCUT2D eigenvalue weighted by molar-refractivity contribution is -0.145. The molecule has 1 heterocycles. The molecule has 0 N–H and O–H groups in total. The number of ether oxygens (including phenoxy) is 3. The van der Waals surface area contributed by atoms with Crippen LogP contribution in [0.25, 0.3) is 0 Å². The molecule has 6 heteroatoms. The lowest BCUT2D eigenvalue weighted by Crippen LogP contribution is -2.52. The van der Waals surface area contributed by atoms with Gasteiger partial charge in [-0.3, -0.25) is 9.69 Å². The number of hydrogen-bond acceptors (Lipinski definition) is 5. The molecular formula is C17H31NO5. The highest BCUT2D eigenvalue weighted by atomic mass is 16.6. The Morgan fingerprint density at radius 1 is 1.30 bits per heavy atom. The van der Waals surface area contributed by atoms with Gasteiger partial charge in [-0.1, -0.05) is 20.3 Å². The smallest absolute Gasteiger partial charge is 0.412 e. The van der Waals surface area contributed by atoms with Crippen molar-refractivity contribution in [1.29, 1.82) is 0 Å². The van der Waals surface area contributed by atoms with Gasteiger partial charge in [-0.15, -0.1) is 0 Å². The molecule has 134 valence electrons. The molecule has 0 aliphatic carbocycles. The maximum absolute atomic E-state index is 12.7. The maximum atomic E-state index is 12.7. The fraction of sp³-hybridized carbons (Fsp3) is 0.882. The zero-order valence-corrected chi connectivity index (χ0v) is 15.6. The molecule has 0 aromatic rings. The number of hydrogen-bond donors (Lipinski definition) is 0. The molecule has 1 saturated heterocycles. The highest BCUT2D eigenvalue weighted by Gasteiger charge is 2.53. The predicted molar refractivity (Wildman–Crippen MR) is 86.9 cm³/mol. The van der Waals surface area contributed by atoms with Crippen molar-refractivity contribution in [2.75, 3.05) is 7.11 Å². The van der Waals surface area contributed by atoms with Gasteiger partial charge in [0.25, 0.3) is 0 Å². The largest absolute Gasteiger partial charge is 0.469 e. The van der Waals surface area contributed by atoms with Crippen LogP contribution in [0.15, 0.2) is 0 Å². The molecule has 1 fully saturated rings. The summed E-state index contributed by atoms with van der Waals surface area (Å²) >= 11 is 0. The van der Waals surface area contributed by atoms with Gasteiger partial charge in [-0.05, 0) is 40.5 Å². The summed E-state index contributed by atoms with van der Waals surface area (Å²) in [7, 11) is 1.35. The van der Waals surface area contributed by atoms with Crippen LogP contribution in [0.5, 0.6) is 0 Å². The normalized spacial score (nSPS) is 25.1. The molecule has 0 spiro atoms. The van der Waals surface area contributed by atoms with Gasteiger partial charge in [0.2, 0.25) is 0 Å². The van der Waals surface area contributed by atoms with Crippen molar-refractivity contribution >= 4 is 12.1 Å². The number of esters is 1. The number of nitrogens with zero attached hydrogens (tertiary/aromatic N) is 1. The topological polar surface area (TPSA) is 65.1 Å². The van der Waals surface area contributed by atoms with E-state index < -0.39 is 23.5 Å². The van der Waals surface area contributed by atoms with Crippen molar-refractivity contribution in [2.24, 2.45) is 5.92 Å². The van der Waals surface area contributed by atoms with E-state index in [1.807, 2.05) is 34.6 Å². The lowest BCUT2D eigenvalue weighted by atomic mass is 9.92. The molecule has 1 aliphatic heterocycles. The van der Waals surface area contributed by atoms with Crippen molar-refractivity contribution in [3.05, 3.63) is 0 Å². The van der Waals surface area contributed by atoms with Crippen LogP contribution in [-0.2, 0) is 19.0 Å². The molecule has 1 aliphatic rings. The summed E-state index contributed by atoms with van der Waals surface area (Å²) < 4.78 is 16.3. The third kappa shape index (κ3) is 4.83. The Hall–Kier alpha value is -1.30. The van der Waals surface area contributed by atoms with Crippen LogP contribution in [0.1, 0.15) is 61.3 Å². The van der Waals surface area contributed by atoms with E-state index in [1.54, 1.807) is 4.90 Å². The molecular weight excluding hydrogens is 298 g/mol. The second-order valence-corrected chi connectivity index (χ2v) is 7.61. The Morgan fingerprint density at radius 2 is 1.87 bits per heavy atom. The molecule has 1 rings (SSSR count). The van der Waals surface area contributed by atoms with Gasteiger partial charge < -0.3 is 14.2 Å². The van der Waals surface area contributed by atoms with E-state index in [0.29, 0.717) is 0 Å². The molecule has 23 heavy (non-hydrogen) atoms. The van der Waals surface area contributed by atoms with Crippen LogP contribution in [0.3, 0.4) is 0 Å². The molecule has 0 saturated carbocycles. The standard InChI is InChI=1S/C17H31NO5/c1-9-11(2)14-12(10-13(19)21-8)22-17(6,7)18(14)15(20)23-16(3,4)5/h11-12,14H,9-10H2,1-8H3/t11-,12-,14+/m0/s1. The number of carbonyl (C=O) groups excluding carboxylic acids is 2. The van der Waals surface area contributed by atoms with E-state index in [4.69, 9.17) is 14.2 Å². The Bertz CT molecular complexity index is 441. The van der Waals surface area contributed by atoms with Crippen LogP contribution in [0.2, 0.25) is 0 Å². The number of amides is 1. The lowest BCUT2D eigenvalue weighted by Gasteiger charge is -2.37. The van der Waals surface area contributed by atoms with Crippen molar-refractivity contribution in [2.45, 2.75) is 84.8 Å². The first-order valence-corrected chi connectivity index (χ1v) is 8.20. The van der Waals surface area contributed by atoms with E-state index >= 15 is 0 Å². The zero-order valence-electron chi connectivity index (χ0n) is 15.6. The van der Waals surface area contributed by atoms with E-state index in [2.05, 4.69) is 13.8 Å². The Labute approximate surface area is 139 Å². The van der Waals surface area contributed by atoms with E-state index in [-0.39, 0.29) is 24.3 Å². The number of rotatable bonds is 4. The fourth-order valence-electron chi connectivity index (χ4n) is 2.95. The SMILES string of the molecule is CC[C@H](C)[C@@H]1[C@H](CC(=O)OC)OC(C)(C)N1C(=O)OC(C)(C)C. The zero-order chi connectivity index (χ0) is 18.0. The predicted octanol–water partition coefficient (Wildman–Crippen LogP) is 3.34. The van der Waals surface area contributed by atoms with Crippen LogP contribution in [-0.4, -0.2) is 47.5 Å². The summed E-state index contributed by atoms with van der Waals surface area (Å²) in [6.07, 6.45) is 0.162. The number of carbonyl (C=O) groups is 2. The van der Waals surface area contributed by atoms with Crippen LogP contribution >= 0.6 is 0 Å². The third-order valence-corrected chi connectivity index (χ3v) is 4.11. The second-order valence-electron chi connectivity index (χ2n) is 7.61. The van der Waals surface area contributed by atoms with Gasteiger partial charge in [0.05, 0.1) is 25.7 Å². The summed E-state index contributed by atoms with van der Waals surface area (Å²) in [5.41, 5.74) is -1.43. The molecule has 0 aromatic heterocycles. The Morgan fingerprint density at radius 3 is 2.30 bits per heavy atom. The first-order valence-electron chi connectivity index (χ1n) is 8.20. The van der Waals surface area contributed by atoms with Crippen LogP contribution < -0.4 is 0 Å². The first kappa shape index (κ1) is 19.7. The monoisotopic (exact) mass is 329 g/mol. The minimum atomic E-state index is -0.838. The average Bonchev–Trinajstić information content (AvgIpc) is 2.66. The van der Waals surface area contributed by atoms with Gasteiger partial charge in [0.1, 0.15) is 11.3 Å². The minimum absolute atomic E-state index is 0.119. The summed E-state index contributed by atoms with van der Waals surface area (Å²) in [5.74, 6) is -0.177. The fourth-order valence-corrected chi connectivity index (χ4v) is 2.95. The highest BCUT2D eigenvalue weighted by molar-refractivity contribution is 5.72. The Kier molecular flexibility index (Phi) is 6.07. The van der Waals surface area contributed by atoms with E-state index in [9.17, 15) is 9.59 Å². The van der Waals surface area contributed by atoms with Crippen molar-refractivity contribution in [1.82, 2.24) is 4.90 Å². The quantitative estimate of drug-likeness (QED) is 0.740. The van der Waals surface area contributed by atoms with Crippen LogP contribution in [0.4, 0.5) is 4.79 Å². The van der Waals surface area contributed by atoms with E-state index in [0.717, 1.165) is 6.42 Å². The maximum Gasteiger partial charge on any atom is 0.412 e. The molecule has 0 unspecified atom stereocenters. The summed E-state index contributed by atoms with van der Waals surface area (Å²) in [5, 5.41) is 0. The molecule has 0 bridgehead atoms. The summed E-state index contributed by atoms with van der Waals surface area (Å²) in [6, 6.07) is -0.232. The molecule has 6 nitrogen and oxygen atoms in total. The Balaban J connectivity index is 3.12. The molecule has 0 radical (unpaired) electrons. The van der Waals surface area contributed by atoms with Gasteiger partial charge in [-0.2, -0.15) is 0 Å². The van der Waals surface area contributed by atoms with Gasteiger partial charge in [-0.25, -0.2) is 4.79 Å². The van der Waals surface area contributed by atoms with Crippen molar-refractivity contribution in [3.63, 3.8) is 0 Å². The van der Waals surface area contributed by atoms with Gasteiger partial charge in [0.15, 0.2) is 0 Å². The van der Waals surface area contributed by atoms with E-state index in [1.165, 1.54) is 7.11 Å². The van der Waals surface area contributed by atoms with Crippen LogP contribution in [0, 0.1) is 5.92 Å². The summed E-state index contributed by atoms with van der Waals surface area (Å²) in [6.45, 7) is 13.2. The van der Waals surface area contributed by atoms with Crippen molar-refractivity contribution in [3.8, 4) is 0 Å². The number of methoxy groups -OCH3 is 1. The molecule has 1 amide bonds. The average molecular weight is 329 g/mol. The van der Waals surface area contributed by atoms with Crippen molar-refractivity contribution < 1.29 is 23.8 Å². The summed E-state index contributed by atoms with van der Waals surface area (Å²) in [4.78, 5) is 26.1. The minimum Gasteiger partial charge on any atom is -0.469 e. The molecule has 3 atom stereocenters. The van der Waals surface area contributed by atoms with Gasteiger partial charge in [0, 0.05) is 0 Å². The third-order valence-electron chi connectivity index (χ3n) is 4.11. The first-order chi connectivity index (χ1) is 10.4. The second kappa shape index (κ2) is 7.07. The van der Waals surface area contributed by atoms with Gasteiger partial charge >= 0.3 is 12.1 Å². The molecule has 0 aromatic carbocycles.